The Labute approximate surface area is 181 Å². The minimum absolute atomic E-state index is 0.250. The van der Waals surface area contributed by atoms with Gasteiger partial charge in [0, 0.05) is 12.1 Å². The van der Waals surface area contributed by atoms with Crippen molar-refractivity contribution >= 4 is 17.4 Å². The van der Waals surface area contributed by atoms with Gasteiger partial charge < -0.3 is 14.7 Å². The molecule has 1 atom stereocenters. The first-order valence-electron chi connectivity index (χ1n) is 10.0. The Kier molecular flexibility index (Phi) is 5.58. The lowest BCUT2D eigenvalue weighted by molar-refractivity contribution is -0.130. The molecule has 156 valence electrons. The predicted molar refractivity (Wildman–Crippen MR) is 118 cm³/mol. The zero-order valence-electron chi connectivity index (χ0n) is 17.4. The van der Waals surface area contributed by atoms with Crippen molar-refractivity contribution in [2.45, 2.75) is 19.5 Å². The normalized spacial score (nSPS) is 16.0. The predicted octanol–water partition coefficient (Wildman–Crippen LogP) is 4.83. The number of nitrogens with zero attached hydrogens (tertiary/aromatic N) is 1. The van der Waals surface area contributed by atoms with E-state index < -0.39 is 17.9 Å². The molecule has 0 fully saturated rings. The number of carbonyl (C=O) groups is 2. The van der Waals surface area contributed by atoms with Crippen LogP contribution in [0.2, 0.25) is 0 Å². The monoisotopic (exact) mass is 413 g/mol. The highest BCUT2D eigenvalue weighted by molar-refractivity contribution is 6.05. The fraction of sp³-hybridized carbons (Fsp3) is 0.154. The van der Waals surface area contributed by atoms with Crippen LogP contribution in [0.4, 0.5) is 0 Å². The average molecular weight is 413 g/mol. The molecule has 5 heteroatoms. The third-order valence-electron chi connectivity index (χ3n) is 5.51. The number of carbonyl (C=O) groups excluding carboxylic acids is 2. The van der Waals surface area contributed by atoms with Crippen molar-refractivity contribution in [3.8, 4) is 0 Å². The van der Waals surface area contributed by atoms with E-state index in [1.807, 2.05) is 61.5 Å². The van der Waals surface area contributed by atoms with Gasteiger partial charge >= 0.3 is 5.97 Å². The quantitative estimate of drug-likeness (QED) is 0.608. The number of esters is 1. The smallest absolute Gasteiger partial charge is 0.337 e. The van der Waals surface area contributed by atoms with Crippen LogP contribution < -0.4 is 0 Å². The summed E-state index contributed by atoms with van der Waals surface area (Å²) in [5.41, 5.74) is 4.67. The standard InChI is InChI=1S/C26H23NO4/c1-17-8-10-18(11-9-17)16-27-23(20-12-14-21(15-13-20)26(30)31-2)22(24(28)25(27)29)19-6-4-3-5-7-19/h3-15,23,28H,16H2,1-2H3/t23-/m0/s1. The highest BCUT2D eigenvalue weighted by Gasteiger charge is 2.41. The van der Waals surface area contributed by atoms with Crippen LogP contribution >= 0.6 is 0 Å². The molecule has 1 aliphatic heterocycles. The molecule has 0 unspecified atom stereocenters. The fourth-order valence-corrected chi connectivity index (χ4v) is 3.89. The topological polar surface area (TPSA) is 66.8 Å². The number of rotatable bonds is 5. The van der Waals surface area contributed by atoms with E-state index in [1.54, 1.807) is 29.2 Å². The minimum Gasteiger partial charge on any atom is -0.503 e. The highest BCUT2D eigenvalue weighted by Crippen LogP contribution is 2.43. The Morgan fingerprint density at radius 1 is 0.968 bits per heavy atom. The summed E-state index contributed by atoms with van der Waals surface area (Å²) in [6.45, 7) is 2.36. The summed E-state index contributed by atoms with van der Waals surface area (Å²) in [7, 11) is 1.34. The van der Waals surface area contributed by atoms with Crippen molar-refractivity contribution in [1.29, 1.82) is 0 Å². The molecule has 5 nitrogen and oxygen atoms in total. The average Bonchev–Trinajstić information content (AvgIpc) is 3.05. The van der Waals surface area contributed by atoms with Gasteiger partial charge in [-0.15, -0.1) is 0 Å². The maximum atomic E-state index is 13.1. The fourth-order valence-electron chi connectivity index (χ4n) is 3.89. The number of hydrogen-bond acceptors (Lipinski definition) is 4. The first-order valence-corrected chi connectivity index (χ1v) is 10.0. The van der Waals surface area contributed by atoms with Crippen LogP contribution in [0.25, 0.3) is 5.57 Å². The van der Waals surface area contributed by atoms with Crippen molar-refractivity contribution in [2.24, 2.45) is 0 Å². The Hall–Kier alpha value is -3.86. The van der Waals surface area contributed by atoms with Crippen molar-refractivity contribution in [3.63, 3.8) is 0 Å². The van der Waals surface area contributed by atoms with Gasteiger partial charge in [0.2, 0.25) is 0 Å². The summed E-state index contributed by atoms with van der Waals surface area (Å²) in [4.78, 5) is 26.6. The number of hydrogen-bond donors (Lipinski definition) is 1. The summed E-state index contributed by atoms with van der Waals surface area (Å²) in [6.07, 6.45) is 0. The molecule has 0 spiro atoms. The molecular formula is C26H23NO4. The van der Waals surface area contributed by atoms with E-state index >= 15 is 0 Å². The molecule has 4 rings (SSSR count). The molecule has 3 aromatic rings. The maximum absolute atomic E-state index is 13.1. The van der Waals surface area contributed by atoms with Crippen molar-refractivity contribution < 1.29 is 19.4 Å². The number of aliphatic hydroxyl groups is 1. The third-order valence-corrected chi connectivity index (χ3v) is 5.51. The molecule has 0 aliphatic carbocycles. The van der Waals surface area contributed by atoms with E-state index in [4.69, 9.17) is 4.74 Å². The lowest BCUT2D eigenvalue weighted by Crippen LogP contribution is -2.29. The van der Waals surface area contributed by atoms with Gasteiger partial charge in [0.15, 0.2) is 5.76 Å². The van der Waals surface area contributed by atoms with E-state index in [1.165, 1.54) is 7.11 Å². The second-order valence-corrected chi connectivity index (χ2v) is 7.56. The largest absolute Gasteiger partial charge is 0.503 e. The molecule has 1 aliphatic rings. The molecule has 0 saturated heterocycles. The summed E-state index contributed by atoms with van der Waals surface area (Å²) in [5.74, 6) is -1.09. The summed E-state index contributed by atoms with van der Waals surface area (Å²) in [5, 5.41) is 10.8. The van der Waals surface area contributed by atoms with Gasteiger partial charge in [-0.05, 0) is 35.7 Å². The van der Waals surface area contributed by atoms with Crippen LogP contribution in [0.1, 0.15) is 38.7 Å². The molecular weight excluding hydrogens is 390 g/mol. The third kappa shape index (κ3) is 3.94. The van der Waals surface area contributed by atoms with Crippen LogP contribution in [0.5, 0.6) is 0 Å². The minimum atomic E-state index is -0.483. The Bertz CT molecular complexity index is 1130. The molecule has 0 saturated carbocycles. The van der Waals surface area contributed by atoms with Crippen molar-refractivity contribution in [2.75, 3.05) is 7.11 Å². The van der Waals surface area contributed by atoms with Crippen molar-refractivity contribution in [3.05, 3.63) is 112 Å². The number of aliphatic hydroxyl groups excluding tert-OH is 1. The lowest BCUT2D eigenvalue weighted by Gasteiger charge is -2.27. The SMILES string of the molecule is COC(=O)c1ccc([C@H]2C(c3ccccc3)=C(O)C(=O)N2Cc2ccc(C)cc2)cc1. The van der Waals surface area contributed by atoms with Gasteiger partial charge in [-0.1, -0.05) is 72.3 Å². The molecule has 0 aromatic heterocycles. The molecule has 1 N–H and O–H groups in total. The maximum Gasteiger partial charge on any atom is 0.337 e. The second-order valence-electron chi connectivity index (χ2n) is 7.56. The lowest BCUT2D eigenvalue weighted by atomic mass is 9.93. The number of benzene rings is 3. The van der Waals surface area contributed by atoms with Crippen LogP contribution in [0, 0.1) is 6.92 Å². The van der Waals surface area contributed by atoms with E-state index in [9.17, 15) is 14.7 Å². The summed E-state index contributed by atoms with van der Waals surface area (Å²) in [6, 6.07) is 23.8. The van der Waals surface area contributed by atoms with E-state index in [-0.39, 0.29) is 5.76 Å². The van der Waals surface area contributed by atoms with Gasteiger partial charge in [-0.25, -0.2) is 4.79 Å². The first kappa shape index (κ1) is 20.4. The number of methoxy groups -OCH3 is 1. The number of ether oxygens (including phenoxy) is 1. The van der Waals surface area contributed by atoms with Crippen LogP contribution in [0.3, 0.4) is 0 Å². The van der Waals surface area contributed by atoms with E-state index in [0.717, 1.165) is 22.3 Å². The summed E-state index contributed by atoms with van der Waals surface area (Å²) >= 11 is 0. The van der Waals surface area contributed by atoms with E-state index in [2.05, 4.69) is 0 Å². The first-order chi connectivity index (χ1) is 15.0. The van der Waals surface area contributed by atoms with Gasteiger partial charge in [0.1, 0.15) is 0 Å². The second kappa shape index (κ2) is 8.48. The van der Waals surface area contributed by atoms with Crippen LogP contribution in [0.15, 0.2) is 84.6 Å². The molecule has 1 amide bonds. The number of aryl methyl sites for hydroxylation is 1. The molecule has 3 aromatic carbocycles. The van der Waals surface area contributed by atoms with Gasteiger partial charge in [0.25, 0.3) is 5.91 Å². The van der Waals surface area contributed by atoms with Gasteiger partial charge in [0.05, 0.1) is 18.7 Å². The van der Waals surface area contributed by atoms with E-state index in [0.29, 0.717) is 17.7 Å². The zero-order valence-corrected chi connectivity index (χ0v) is 17.4. The Morgan fingerprint density at radius 2 is 1.61 bits per heavy atom. The molecule has 31 heavy (non-hydrogen) atoms. The van der Waals surface area contributed by atoms with Crippen LogP contribution in [-0.4, -0.2) is 29.0 Å². The van der Waals surface area contributed by atoms with Crippen LogP contribution in [-0.2, 0) is 16.1 Å². The number of amides is 1. The summed E-state index contributed by atoms with van der Waals surface area (Å²) < 4.78 is 4.78. The Morgan fingerprint density at radius 3 is 2.23 bits per heavy atom. The van der Waals surface area contributed by atoms with Gasteiger partial charge in [-0.2, -0.15) is 0 Å². The molecule has 1 heterocycles. The van der Waals surface area contributed by atoms with Crippen molar-refractivity contribution in [1.82, 2.24) is 4.90 Å². The van der Waals surface area contributed by atoms with Gasteiger partial charge in [-0.3, -0.25) is 4.79 Å². The molecule has 0 bridgehead atoms. The zero-order chi connectivity index (χ0) is 22.0. The highest BCUT2D eigenvalue weighted by atomic mass is 16.5. The Balaban J connectivity index is 1.78. The molecule has 0 radical (unpaired) electrons.